The van der Waals surface area contributed by atoms with E-state index in [4.69, 9.17) is 44.3 Å². The molecule has 1 aromatic heterocycles. The molecule has 13 heteroatoms. The molecule has 1 heterocycles. The summed E-state index contributed by atoms with van der Waals surface area (Å²) in [6, 6.07) is 15.0. The van der Waals surface area contributed by atoms with Gasteiger partial charge < -0.3 is 20.1 Å². The van der Waals surface area contributed by atoms with Gasteiger partial charge in [-0.25, -0.2) is 4.68 Å². The summed E-state index contributed by atoms with van der Waals surface area (Å²) in [5, 5.41) is 18.3. The van der Waals surface area contributed by atoms with Crippen molar-refractivity contribution in [3.05, 3.63) is 80.0 Å². The molecule has 0 saturated carbocycles. The Labute approximate surface area is 308 Å². The van der Waals surface area contributed by atoms with Crippen LogP contribution in [0, 0.1) is 0 Å². The molecule has 0 aliphatic heterocycles. The van der Waals surface area contributed by atoms with Gasteiger partial charge in [-0.15, -0.1) is 5.11 Å². The maximum absolute atomic E-state index is 13.8. The van der Waals surface area contributed by atoms with Crippen molar-refractivity contribution in [1.29, 1.82) is 0 Å². The number of rotatable bonds is 20. The number of unbranched alkanes of at least 4 members (excludes halogenated alkanes) is 10. The molecule has 268 valence electrons. The zero-order chi connectivity index (χ0) is 35.9. The molecule has 0 spiro atoms. The fourth-order valence-electron chi connectivity index (χ4n) is 5.40. The lowest BCUT2D eigenvalue weighted by atomic mass is 10.1. The highest BCUT2D eigenvalue weighted by Gasteiger charge is 2.21. The van der Waals surface area contributed by atoms with Crippen molar-refractivity contribution in [2.45, 2.75) is 84.0 Å². The van der Waals surface area contributed by atoms with Crippen molar-refractivity contribution < 1.29 is 14.3 Å². The molecule has 0 aliphatic carbocycles. The molecule has 4 aromatic rings. The fraction of sp³-hybridized carbons (Fsp3) is 0.405. The standard InChI is InChI=1S/C37H45Cl3N6O4/c1-4-5-6-7-8-9-10-11-12-13-14-15-33(47)41-26-18-21-29(38)32(22-26)42-36-34(44-43-25-16-19-27(49-2)20-17-25)37(48)46(45-36)35-30(39)23-28(50-3)24-31(35)40/h16-24,42,45H,4-15H2,1-3H3,(H,41,47). The smallest absolute Gasteiger partial charge is 0.301 e. The van der Waals surface area contributed by atoms with Gasteiger partial charge in [0.15, 0.2) is 11.5 Å². The number of methoxy groups -OCH3 is 2. The second-order valence-electron chi connectivity index (χ2n) is 12.0. The Hall–Kier alpha value is -3.99. The number of amides is 1. The van der Waals surface area contributed by atoms with Crippen LogP contribution in [-0.2, 0) is 4.79 Å². The Morgan fingerprint density at radius 3 is 1.96 bits per heavy atom. The Balaban J connectivity index is 1.47. The van der Waals surface area contributed by atoms with Crippen molar-refractivity contribution in [3.8, 4) is 17.2 Å². The molecule has 0 atom stereocenters. The Morgan fingerprint density at radius 1 is 0.760 bits per heavy atom. The van der Waals surface area contributed by atoms with Gasteiger partial charge in [-0.1, -0.05) is 106 Å². The number of aromatic amines is 1. The third-order valence-electron chi connectivity index (χ3n) is 8.17. The molecule has 4 rings (SSSR count). The minimum absolute atomic E-state index is 0.0641. The maximum atomic E-state index is 13.8. The summed E-state index contributed by atoms with van der Waals surface area (Å²) in [4.78, 5) is 26.6. The molecule has 0 saturated heterocycles. The zero-order valence-corrected chi connectivity index (χ0v) is 31.1. The van der Waals surface area contributed by atoms with Gasteiger partial charge >= 0.3 is 5.56 Å². The van der Waals surface area contributed by atoms with Crippen molar-refractivity contribution in [3.63, 3.8) is 0 Å². The van der Waals surface area contributed by atoms with Crippen LogP contribution in [0.25, 0.3) is 5.69 Å². The summed E-state index contributed by atoms with van der Waals surface area (Å²) in [6.07, 6.45) is 13.8. The molecule has 0 fully saturated rings. The van der Waals surface area contributed by atoms with Gasteiger partial charge in [0.2, 0.25) is 5.91 Å². The first-order valence-corrected chi connectivity index (χ1v) is 18.2. The van der Waals surface area contributed by atoms with Crippen LogP contribution < -0.4 is 25.7 Å². The first-order valence-electron chi connectivity index (χ1n) is 17.0. The highest BCUT2D eigenvalue weighted by atomic mass is 35.5. The lowest BCUT2D eigenvalue weighted by Gasteiger charge is -2.12. The minimum Gasteiger partial charge on any atom is -0.497 e. The number of benzene rings is 3. The molecule has 10 nitrogen and oxygen atoms in total. The normalized spacial score (nSPS) is 11.2. The van der Waals surface area contributed by atoms with Crippen molar-refractivity contribution in [1.82, 2.24) is 9.78 Å². The van der Waals surface area contributed by atoms with Crippen LogP contribution in [0.1, 0.15) is 84.0 Å². The number of azo groups is 1. The molecule has 0 aliphatic rings. The summed E-state index contributed by atoms with van der Waals surface area (Å²) in [7, 11) is 3.05. The number of carbonyl (C=O) groups is 1. The van der Waals surface area contributed by atoms with E-state index in [1.807, 2.05) is 0 Å². The molecule has 1 amide bonds. The first-order chi connectivity index (χ1) is 24.2. The largest absolute Gasteiger partial charge is 0.497 e. The van der Waals surface area contributed by atoms with Gasteiger partial charge in [-0.3, -0.25) is 14.7 Å². The van der Waals surface area contributed by atoms with Crippen LogP contribution in [0.4, 0.5) is 28.6 Å². The van der Waals surface area contributed by atoms with Crippen LogP contribution >= 0.6 is 34.8 Å². The predicted molar refractivity (Wildman–Crippen MR) is 205 cm³/mol. The second kappa shape index (κ2) is 20.0. The van der Waals surface area contributed by atoms with E-state index in [9.17, 15) is 9.59 Å². The predicted octanol–water partition coefficient (Wildman–Crippen LogP) is 11.9. The number of anilines is 3. The third kappa shape index (κ3) is 11.3. The van der Waals surface area contributed by atoms with Gasteiger partial charge in [-0.05, 0) is 48.9 Å². The molecular formula is C37H45Cl3N6O4. The molecule has 3 N–H and O–H groups in total. The van der Waals surface area contributed by atoms with E-state index < -0.39 is 5.56 Å². The molecule has 0 bridgehead atoms. The van der Waals surface area contributed by atoms with E-state index in [1.165, 1.54) is 63.2 Å². The number of halogens is 3. The maximum Gasteiger partial charge on any atom is 0.301 e. The fourth-order valence-corrected chi connectivity index (χ4v) is 6.20. The van der Waals surface area contributed by atoms with Crippen LogP contribution in [0.2, 0.25) is 15.1 Å². The van der Waals surface area contributed by atoms with Crippen LogP contribution in [-0.4, -0.2) is 29.9 Å². The highest BCUT2D eigenvalue weighted by Crippen LogP contribution is 2.36. The topological polar surface area (TPSA) is 122 Å². The number of aromatic nitrogens is 2. The van der Waals surface area contributed by atoms with E-state index in [0.717, 1.165) is 19.3 Å². The van der Waals surface area contributed by atoms with E-state index >= 15 is 0 Å². The van der Waals surface area contributed by atoms with Crippen molar-refractivity contribution in [2.75, 3.05) is 24.9 Å². The van der Waals surface area contributed by atoms with Gasteiger partial charge in [0, 0.05) is 24.2 Å². The number of ether oxygens (including phenoxy) is 2. The number of carbonyl (C=O) groups excluding carboxylic acids is 1. The number of nitrogens with zero attached hydrogens (tertiary/aromatic N) is 3. The van der Waals surface area contributed by atoms with Crippen molar-refractivity contribution >= 4 is 69.3 Å². The second-order valence-corrected chi connectivity index (χ2v) is 13.2. The van der Waals surface area contributed by atoms with E-state index in [2.05, 4.69) is 32.9 Å². The quantitative estimate of drug-likeness (QED) is 0.0614. The third-order valence-corrected chi connectivity index (χ3v) is 9.08. The van der Waals surface area contributed by atoms with Gasteiger partial charge in [0.05, 0.1) is 40.7 Å². The lowest BCUT2D eigenvalue weighted by molar-refractivity contribution is -0.116. The average Bonchev–Trinajstić information content (AvgIpc) is 3.40. The molecular weight excluding hydrogens is 699 g/mol. The monoisotopic (exact) mass is 742 g/mol. The number of nitrogens with one attached hydrogen (secondary N) is 3. The van der Waals surface area contributed by atoms with E-state index in [1.54, 1.807) is 61.7 Å². The van der Waals surface area contributed by atoms with Crippen molar-refractivity contribution in [2.24, 2.45) is 10.2 Å². The first kappa shape index (κ1) is 38.8. The Bertz CT molecular complexity index is 1770. The van der Waals surface area contributed by atoms with E-state index in [-0.39, 0.29) is 33.1 Å². The van der Waals surface area contributed by atoms with Crippen LogP contribution in [0.15, 0.2) is 69.6 Å². The lowest BCUT2D eigenvalue weighted by Crippen LogP contribution is -2.15. The summed E-state index contributed by atoms with van der Waals surface area (Å²) in [6.45, 7) is 2.24. The van der Waals surface area contributed by atoms with Gasteiger partial charge in [0.1, 0.15) is 17.2 Å². The zero-order valence-electron chi connectivity index (χ0n) is 28.8. The Morgan fingerprint density at radius 2 is 1.36 bits per heavy atom. The summed E-state index contributed by atoms with van der Waals surface area (Å²) in [5.74, 6) is 1.17. The average molecular weight is 744 g/mol. The van der Waals surface area contributed by atoms with Crippen LogP contribution in [0.3, 0.4) is 0 Å². The number of H-pyrrole nitrogens is 1. The molecule has 0 radical (unpaired) electrons. The number of hydrogen-bond donors (Lipinski definition) is 3. The summed E-state index contributed by atoms with van der Waals surface area (Å²) in [5.41, 5.74) is 1.01. The summed E-state index contributed by atoms with van der Waals surface area (Å²) >= 11 is 19.7. The number of hydrogen-bond acceptors (Lipinski definition) is 7. The van der Waals surface area contributed by atoms with Gasteiger partial charge in [0.25, 0.3) is 0 Å². The Kier molecular flexibility index (Phi) is 15.5. The summed E-state index contributed by atoms with van der Waals surface area (Å²) < 4.78 is 11.6. The van der Waals surface area contributed by atoms with Gasteiger partial charge in [-0.2, -0.15) is 5.11 Å². The molecule has 3 aromatic carbocycles. The minimum atomic E-state index is -0.578. The van der Waals surface area contributed by atoms with E-state index in [0.29, 0.717) is 40.0 Å². The van der Waals surface area contributed by atoms with Crippen LogP contribution in [0.5, 0.6) is 11.5 Å². The highest BCUT2D eigenvalue weighted by molar-refractivity contribution is 6.38. The molecule has 0 unspecified atom stereocenters. The SMILES string of the molecule is CCCCCCCCCCCCCC(=O)Nc1ccc(Cl)c(Nc2[nH]n(-c3c(Cl)cc(OC)cc3Cl)c(=O)c2N=Nc2ccc(OC)cc2)c1. The molecule has 50 heavy (non-hydrogen) atoms.